The number of nitrogens with zero attached hydrogens (tertiary/aromatic N) is 1. The molecule has 4 aromatic rings. The van der Waals surface area contributed by atoms with Crippen molar-refractivity contribution in [1.82, 2.24) is 15.7 Å². The van der Waals surface area contributed by atoms with Crippen LogP contribution < -0.4 is 20.2 Å². The van der Waals surface area contributed by atoms with Gasteiger partial charge < -0.3 is 24.5 Å². The average Bonchev–Trinajstić information content (AvgIpc) is 3.38. The Morgan fingerprint density at radius 3 is 2.70 bits per heavy atom. The molecule has 0 bridgehead atoms. The number of H-pyrrole nitrogens is 1. The van der Waals surface area contributed by atoms with E-state index in [1.807, 2.05) is 60.8 Å². The quantitative estimate of drug-likeness (QED) is 0.128. The third-order valence-corrected chi connectivity index (χ3v) is 6.45. The molecule has 3 aromatic carbocycles. The number of ether oxygens (including phenoxy) is 3. The van der Waals surface area contributed by atoms with E-state index < -0.39 is 18.0 Å². The number of amides is 2. The molecule has 0 saturated heterocycles. The van der Waals surface area contributed by atoms with Crippen LogP contribution in [0.2, 0.25) is 0 Å². The molecule has 10 heteroatoms. The van der Waals surface area contributed by atoms with Gasteiger partial charge >= 0.3 is 6.09 Å². The van der Waals surface area contributed by atoms with Gasteiger partial charge in [-0.1, -0.05) is 54.5 Å². The van der Waals surface area contributed by atoms with Gasteiger partial charge in [-0.05, 0) is 50.8 Å². The van der Waals surface area contributed by atoms with E-state index in [1.165, 1.54) is 13.3 Å². The number of fused-ring (bicyclic) bond motifs is 1. The number of halogens is 1. The lowest BCUT2D eigenvalue weighted by molar-refractivity contribution is -0.123. The summed E-state index contributed by atoms with van der Waals surface area (Å²) in [4.78, 5) is 29.0. The zero-order valence-electron chi connectivity index (χ0n) is 21.6. The number of methoxy groups -OCH3 is 1. The maximum atomic E-state index is 13.2. The Labute approximate surface area is 240 Å². The van der Waals surface area contributed by atoms with Crippen molar-refractivity contribution in [3.63, 3.8) is 0 Å². The van der Waals surface area contributed by atoms with Crippen molar-refractivity contribution in [1.29, 1.82) is 0 Å². The minimum absolute atomic E-state index is 0.0734. The number of para-hydroxylation sites is 1. The molecule has 0 unspecified atom stereocenters. The molecule has 0 aliphatic carbocycles. The third kappa shape index (κ3) is 7.42. The highest BCUT2D eigenvalue weighted by molar-refractivity contribution is 9.10. The van der Waals surface area contributed by atoms with Gasteiger partial charge in [-0.3, -0.25) is 4.79 Å². The second-order valence-corrected chi connectivity index (χ2v) is 9.44. The van der Waals surface area contributed by atoms with Crippen LogP contribution in [-0.2, 0) is 22.6 Å². The Kier molecular flexibility index (Phi) is 9.80. The average molecular weight is 603 g/mol. The number of hydrogen-bond donors (Lipinski definition) is 3. The van der Waals surface area contributed by atoms with E-state index in [9.17, 15) is 9.59 Å². The van der Waals surface area contributed by atoms with Crippen molar-refractivity contribution < 1.29 is 23.8 Å². The highest BCUT2D eigenvalue weighted by Crippen LogP contribution is 2.36. The van der Waals surface area contributed by atoms with Crippen LogP contribution in [0.15, 0.2) is 82.5 Å². The number of aromatic nitrogens is 1. The first kappa shape index (κ1) is 28.3. The molecule has 0 fully saturated rings. The Morgan fingerprint density at radius 2 is 1.93 bits per heavy atom. The molecule has 0 aliphatic heterocycles. The van der Waals surface area contributed by atoms with Crippen molar-refractivity contribution in [2.24, 2.45) is 5.10 Å². The second-order valence-electron chi connectivity index (χ2n) is 8.58. The lowest BCUT2D eigenvalue weighted by atomic mass is 10.0. The van der Waals surface area contributed by atoms with Gasteiger partial charge in [0.15, 0.2) is 11.5 Å². The maximum absolute atomic E-state index is 13.2. The van der Waals surface area contributed by atoms with Gasteiger partial charge in [0, 0.05) is 23.5 Å². The predicted octanol–water partition coefficient (Wildman–Crippen LogP) is 4.94. The summed E-state index contributed by atoms with van der Waals surface area (Å²) in [5, 5.41) is 7.71. The maximum Gasteiger partial charge on any atom is 0.408 e. The van der Waals surface area contributed by atoms with Gasteiger partial charge in [0.1, 0.15) is 19.3 Å². The van der Waals surface area contributed by atoms with E-state index in [0.29, 0.717) is 21.5 Å². The van der Waals surface area contributed by atoms with E-state index >= 15 is 0 Å². The summed E-state index contributed by atoms with van der Waals surface area (Å²) in [6, 6.07) is 19.5. The van der Waals surface area contributed by atoms with Gasteiger partial charge in [0.2, 0.25) is 0 Å². The van der Waals surface area contributed by atoms with Gasteiger partial charge in [0.05, 0.1) is 17.8 Å². The van der Waals surface area contributed by atoms with Crippen LogP contribution in [0.4, 0.5) is 4.79 Å². The number of benzene rings is 3. The SMILES string of the molecule is C#CCOc1c(Br)cc(/C=N\NC(=O)[C@H](Cc2c[nH]c3ccccc23)NC(=O)OCc2ccccc2)cc1OC. The number of alkyl carbamates (subject to hydrolysis) is 1. The largest absolute Gasteiger partial charge is 0.493 e. The smallest absolute Gasteiger partial charge is 0.408 e. The summed E-state index contributed by atoms with van der Waals surface area (Å²) in [6.45, 7) is 0.154. The normalized spacial score (nSPS) is 11.5. The van der Waals surface area contributed by atoms with Crippen molar-refractivity contribution in [2.75, 3.05) is 13.7 Å². The lowest BCUT2D eigenvalue weighted by Crippen LogP contribution is -2.47. The fraction of sp³-hybridized carbons (Fsp3) is 0.167. The molecule has 0 spiro atoms. The Balaban J connectivity index is 1.47. The number of aromatic amines is 1. The van der Waals surface area contributed by atoms with Gasteiger partial charge in [-0.25, -0.2) is 10.2 Å². The Hall–Kier alpha value is -4.75. The van der Waals surface area contributed by atoms with Crippen molar-refractivity contribution in [3.8, 4) is 23.8 Å². The number of nitrogens with one attached hydrogen (secondary N) is 3. The summed E-state index contributed by atoms with van der Waals surface area (Å²) in [5.41, 5.74) is 5.76. The molecule has 1 aromatic heterocycles. The first-order chi connectivity index (χ1) is 19.5. The number of hydrazone groups is 1. The highest BCUT2D eigenvalue weighted by atomic mass is 79.9. The molecule has 0 aliphatic rings. The van der Waals surface area contributed by atoms with E-state index in [4.69, 9.17) is 20.6 Å². The van der Waals surface area contributed by atoms with Crippen LogP contribution >= 0.6 is 15.9 Å². The van der Waals surface area contributed by atoms with Crippen LogP contribution in [0.3, 0.4) is 0 Å². The number of terminal acetylenes is 1. The van der Waals surface area contributed by atoms with Gasteiger partial charge in [-0.15, -0.1) is 6.42 Å². The molecular weight excluding hydrogens is 576 g/mol. The van der Waals surface area contributed by atoms with E-state index in [-0.39, 0.29) is 19.6 Å². The molecule has 204 valence electrons. The molecule has 9 nitrogen and oxygen atoms in total. The summed E-state index contributed by atoms with van der Waals surface area (Å²) in [6.07, 6.45) is 8.05. The standard InChI is InChI=1S/C30H27BrN4O5/c1-3-13-39-28-24(31)14-21(15-27(28)38-2)17-33-35-29(36)26(16-22-18-32-25-12-8-7-11-23(22)25)34-30(37)40-19-20-9-5-4-6-10-20/h1,4-12,14-15,17-18,26,32H,13,16,19H2,2H3,(H,34,37)(H,35,36)/b33-17-/t26-/m0/s1. The molecule has 0 saturated carbocycles. The van der Waals surface area contributed by atoms with E-state index in [1.54, 1.807) is 12.1 Å². The van der Waals surface area contributed by atoms with Crippen LogP contribution in [0.1, 0.15) is 16.7 Å². The summed E-state index contributed by atoms with van der Waals surface area (Å²) < 4.78 is 16.9. The van der Waals surface area contributed by atoms with Crippen molar-refractivity contribution in [2.45, 2.75) is 19.1 Å². The van der Waals surface area contributed by atoms with Crippen LogP contribution in [-0.4, -0.2) is 43.0 Å². The Bertz CT molecular complexity index is 1540. The molecule has 4 rings (SSSR count). The van der Waals surface area contributed by atoms with E-state index in [2.05, 4.69) is 42.7 Å². The van der Waals surface area contributed by atoms with Gasteiger partial charge in [0.25, 0.3) is 5.91 Å². The zero-order chi connectivity index (χ0) is 28.3. The molecule has 1 heterocycles. The zero-order valence-corrected chi connectivity index (χ0v) is 23.2. The summed E-state index contributed by atoms with van der Waals surface area (Å²) >= 11 is 3.44. The monoisotopic (exact) mass is 602 g/mol. The van der Waals surface area contributed by atoms with Crippen LogP contribution in [0.5, 0.6) is 11.5 Å². The fourth-order valence-electron chi connectivity index (χ4n) is 3.95. The first-order valence-electron chi connectivity index (χ1n) is 12.3. The summed E-state index contributed by atoms with van der Waals surface area (Å²) in [7, 11) is 1.51. The molecule has 1 atom stereocenters. The predicted molar refractivity (Wildman–Crippen MR) is 156 cm³/mol. The molecule has 0 radical (unpaired) electrons. The van der Waals surface area contributed by atoms with Gasteiger partial charge in [-0.2, -0.15) is 5.10 Å². The molecular formula is C30H27BrN4O5. The first-order valence-corrected chi connectivity index (χ1v) is 13.1. The van der Waals surface area contributed by atoms with Crippen LogP contribution in [0, 0.1) is 12.3 Å². The topological polar surface area (TPSA) is 114 Å². The lowest BCUT2D eigenvalue weighted by Gasteiger charge is -2.17. The summed E-state index contributed by atoms with van der Waals surface area (Å²) in [5.74, 6) is 2.79. The molecule has 3 N–H and O–H groups in total. The number of carbonyl (C=O) groups excluding carboxylic acids is 2. The van der Waals surface area contributed by atoms with Crippen molar-refractivity contribution >= 4 is 45.0 Å². The minimum atomic E-state index is -0.958. The number of hydrogen-bond acceptors (Lipinski definition) is 6. The Morgan fingerprint density at radius 1 is 1.15 bits per heavy atom. The second kappa shape index (κ2) is 13.9. The minimum Gasteiger partial charge on any atom is -0.493 e. The molecule has 2 amide bonds. The van der Waals surface area contributed by atoms with E-state index in [0.717, 1.165) is 22.0 Å². The number of rotatable bonds is 11. The fourth-order valence-corrected chi connectivity index (χ4v) is 4.53. The van der Waals surface area contributed by atoms with Crippen LogP contribution in [0.25, 0.3) is 10.9 Å². The third-order valence-electron chi connectivity index (χ3n) is 5.86. The highest BCUT2D eigenvalue weighted by Gasteiger charge is 2.23. The number of carbonyl (C=O) groups is 2. The van der Waals surface area contributed by atoms with Crippen molar-refractivity contribution in [3.05, 3.63) is 94.1 Å². The molecule has 40 heavy (non-hydrogen) atoms.